The minimum Gasteiger partial charge on any atom is -0.350 e. The number of carbonyl (C=O) groups excluding carboxylic acids is 1. The molecule has 8 heteroatoms. The van der Waals surface area contributed by atoms with Crippen molar-refractivity contribution in [3.05, 3.63) is 62.2 Å². The zero-order valence-corrected chi connectivity index (χ0v) is 14.3. The van der Waals surface area contributed by atoms with Gasteiger partial charge in [-0.3, -0.25) is 9.59 Å². The quantitative estimate of drug-likeness (QED) is 0.586. The van der Waals surface area contributed by atoms with Gasteiger partial charge in [0.2, 0.25) is 0 Å². The molecule has 0 saturated heterocycles. The van der Waals surface area contributed by atoms with E-state index in [1.54, 1.807) is 11.3 Å². The van der Waals surface area contributed by atoms with E-state index in [9.17, 15) is 9.59 Å². The van der Waals surface area contributed by atoms with Crippen molar-refractivity contribution >= 4 is 33.8 Å². The first-order valence-electron chi connectivity index (χ1n) is 7.82. The Hall–Kier alpha value is -3.00. The highest BCUT2D eigenvalue weighted by Crippen LogP contribution is 2.14. The highest BCUT2D eigenvalue weighted by atomic mass is 32.1. The van der Waals surface area contributed by atoms with Crippen LogP contribution in [-0.4, -0.2) is 32.3 Å². The molecule has 0 radical (unpaired) electrons. The molecule has 4 aromatic rings. The number of H-pyrrole nitrogens is 1. The monoisotopic (exact) mass is 353 g/mol. The molecule has 25 heavy (non-hydrogen) atoms. The molecule has 2 N–H and O–H groups in total. The Morgan fingerprint density at radius 3 is 3.04 bits per heavy atom. The number of aromatic nitrogens is 4. The van der Waals surface area contributed by atoms with Crippen LogP contribution in [0.3, 0.4) is 0 Å². The van der Waals surface area contributed by atoms with Crippen LogP contribution < -0.4 is 10.9 Å². The van der Waals surface area contributed by atoms with Crippen molar-refractivity contribution < 1.29 is 4.79 Å². The van der Waals surface area contributed by atoms with E-state index < -0.39 is 5.91 Å². The highest BCUT2D eigenvalue weighted by Gasteiger charge is 2.19. The van der Waals surface area contributed by atoms with Crippen LogP contribution in [0.4, 0.5) is 0 Å². The lowest BCUT2D eigenvalue weighted by Crippen LogP contribution is -2.27. The molecule has 0 atom stereocenters. The first kappa shape index (κ1) is 15.5. The minimum atomic E-state index is -0.400. The average Bonchev–Trinajstić information content (AvgIpc) is 3.24. The molecule has 1 aromatic carbocycles. The van der Waals surface area contributed by atoms with Crippen molar-refractivity contribution in [2.24, 2.45) is 0 Å². The van der Waals surface area contributed by atoms with E-state index >= 15 is 0 Å². The number of aromatic amines is 1. The molecular formula is C17H15N5O2S. The lowest BCUT2D eigenvalue weighted by Gasteiger charge is -2.03. The van der Waals surface area contributed by atoms with E-state index in [1.807, 2.05) is 42.6 Å². The van der Waals surface area contributed by atoms with Crippen LogP contribution >= 0.6 is 11.3 Å². The lowest BCUT2D eigenvalue weighted by atomic mass is 10.2. The first-order chi connectivity index (χ1) is 12.1. The summed E-state index contributed by atoms with van der Waals surface area (Å²) < 4.78 is 1.42. The number of benzene rings is 1. The summed E-state index contributed by atoms with van der Waals surface area (Å²) in [6, 6.07) is 9.62. The van der Waals surface area contributed by atoms with Crippen LogP contribution in [0.2, 0.25) is 0 Å². The molecule has 126 valence electrons. The summed E-state index contributed by atoms with van der Waals surface area (Å²) in [5.74, 6) is -0.400. The Bertz CT molecular complexity index is 1130. The van der Waals surface area contributed by atoms with Crippen molar-refractivity contribution in [2.75, 3.05) is 6.54 Å². The second-order valence-corrected chi connectivity index (χ2v) is 6.79. The molecule has 0 fully saturated rings. The lowest BCUT2D eigenvalue weighted by molar-refractivity contribution is 0.0950. The van der Waals surface area contributed by atoms with Gasteiger partial charge in [0, 0.05) is 11.4 Å². The SMILES string of the molecule is Cc1ccc2c(c1)[nH]c(=O)c1c(C(=O)NCCc3cccs3)nnn12. The van der Waals surface area contributed by atoms with Gasteiger partial charge in [0.05, 0.1) is 11.0 Å². The van der Waals surface area contributed by atoms with Crippen molar-refractivity contribution in [1.29, 1.82) is 0 Å². The predicted octanol–water partition coefficient (Wildman–Crippen LogP) is 1.91. The van der Waals surface area contributed by atoms with Crippen molar-refractivity contribution in [1.82, 2.24) is 25.1 Å². The molecule has 0 saturated carbocycles. The normalized spacial score (nSPS) is 11.2. The van der Waals surface area contributed by atoms with E-state index in [1.165, 1.54) is 9.39 Å². The summed E-state index contributed by atoms with van der Waals surface area (Å²) in [4.78, 5) is 28.8. The number of thiophene rings is 1. The van der Waals surface area contributed by atoms with Crippen LogP contribution in [0.25, 0.3) is 16.6 Å². The number of aryl methyl sites for hydroxylation is 1. The van der Waals surface area contributed by atoms with Gasteiger partial charge in [0.15, 0.2) is 11.2 Å². The van der Waals surface area contributed by atoms with Gasteiger partial charge in [0.1, 0.15) is 0 Å². The Kier molecular flexibility index (Phi) is 3.81. The molecule has 3 aromatic heterocycles. The fourth-order valence-corrected chi connectivity index (χ4v) is 3.47. The summed E-state index contributed by atoms with van der Waals surface area (Å²) in [5, 5.41) is 12.7. The Morgan fingerprint density at radius 2 is 2.24 bits per heavy atom. The Labute approximate surface area is 146 Å². The Morgan fingerprint density at radius 1 is 1.36 bits per heavy atom. The fraction of sp³-hybridized carbons (Fsp3) is 0.176. The third-order valence-corrected chi connectivity index (χ3v) is 4.90. The summed E-state index contributed by atoms with van der Waals surface area (Å²) in [6.45, 7) is 2.42. The molecule has 0 aliphatic rings. The maximum Gasteiger partial charge on any atom is 0.277 e. The highest BCUT2D eigenvalue weighted by molar-refractivity contribution is 7.09. The number of hydrogen-bond acceptors (Lipinski definition) is 5. The molecule has 7 nitrogen and oxygen atoms in total. The van der Waals surface area contributed by atoms with Gasteiger partial charge in [-0.1, -0.05) is 17.3 Å². The van der Waals surface area contributed by atoms with E-state index in [0.717, 1.165) is 12.0 Å². The first-order valence-corrected chi connectivity index (χ1v) is 8.70. The van der Waals surface area contributed by atoms with E-state index in [2.05, 4.69) is 20.6 Å². The van der Waals surface area contributed by atoms with Gasteiger partial charge in [0.25, 0.3) is 11.5 Å². The van der Waals surface area contributed by atoms with Gasteiger partial charge in [-0.15, -0.1) is 16.4 Å². The van der Waals surface area contributed by atoms with E-state index in [4.69, 9.17) is 0 Å². The van der Waals surface area contributed by atoms with Crippen LogP contribution in [0, 0.1) is 6.92 Å². The van der Waals surface area contributed by atoms with Gasteiger partial charge in [-0.05, 0) is 42.5 Å². The number of nitrogens with zero attached hydrogens (tertiary/aromatic N) is 3. The smallest absolute Gasteiger partial charge is 0.277 e. The van der Waals surface area contributed by atoms with E-state index in [0.29, 0.717) is 17.6 Å². The number of nitrogens with one attached hydrogen (secondary N) is 2. The molecular weight excluding hydrogens is 338 g/mol. The number of rotatable bonds is 4. The van der Waals surface area contributed by atoms with Crippen molar-refractivity contribution in [2.45, 2.75) is 13.3 Å². The van der Waals surface area contributed by atoms with Crippen molar-refractivity contribution in [3.8, 4) is 0 Å². The fourth-order valence-electron chi connectivity index (χ4n) is 2.76. The summed E-state index contributed by atoms with van der Waals surface area (Å²) in [7, 11) is 0. The summed E-state index contributed by atoms with van der Waals surface area (Å²) in [6.07, 6.45) is 0.737. The molecule has 0 spiro atoms. The van der Waals surface area contributed by atoms with Crippen LogP contribution in [0.5, 0.6) is 0 Å². The molecule has 0 aliphatic heterocycles. The standard InChI is InChI=1S/C17H15N5O2S/c1-10-4-5-13-12(9-10)19-17(24)15-14(20-21-22(13)15)16(23)18-7-6-11-3-2-8-25-11/h2-5,8-9H,6-7H2,1H3,(H,18,23)(H,19,24). The Balaban J connectivity index is 1.67. The zero-order valence-electron chi connectivity index (χ0n) is 13.4. The third kappa shape index (κ3) is 2.80. The summed E-state index contributed by atoms with van der Waals surface area (Å²) in [5.41, 5.74) is 2.19. The molecule has 3 heterocycles. The molecule has 0 bridgehead atoms. The van der Waals surface area contributed by atoms with Crippen LogP contribution in [-0.2, 0) is 6.42 Å². The molecule has 1 amide bonds. The number of fused-ring (bicyclic) bond motifs is 3. The topological polar surface area (TPSA) is 92.1 Å². The van der Waals surface area contributed by atoms with E-state index in [-0.39, 0.29) is 16.8 Å². The van der Waals surface area contributed by atoms with Gasteiger partial charge in [-0.2, -0.15) is 0 Å². The van der Waals surface area contributed by atoms with Gasteiger partial charge >= 0.3 is 0 Å². The van der Waals surface area contributed by atoms with Crippen LogP contribution in [0.1, 0.15) is 20.9 Å². The number of hydrogen-bond donors (Lipinski definition) is 2. The van der Waals surface area contributed by atoms with Crippen LogP contribution in [0.15, 0.2) is 40.5 Å². The minimum absolute atomic E-state index is 0.0369. The van der Waals surface area contributed by atoms with Crippen molar-refractivity contribution in [3.63, 3.8) is 0 Å². The predicted molar refractivity (Wildman–Crippen MR) is 96.2 cm³/mol. The second-order valence-electron chi connectivity index (χ2n) is 5.76. The maximum atomic E-state index is 12.4. The maximum absolute atomic E-state index is 12.4. The van der Waals surface area contributed by atoms with Gasteiger partial charge in [-0.25, -0.2) is 4.52 Å². The largest absolute Gasteiger partial charge is 0.350 e. The summed E-state index contributed by atoms with van der Waals surface area (Å²) >= 11 is 1.64. The molecule has 4 rings (SSSR count). The average molecular weight is 353 g/mol. The second kappa shape index (κ2) is 6.14. The van der Waals surface area contributed by atoms with Gasteiger partial charge < -0.3 is 10.3 Å². The molecule has 0 aliphatic carbocycles. The third-order valence-electron chi connectivity index (χ3n) is 3.97. The zero-order chi connectivity index (χ0) is 17.4. The number of carbonyl (C=O) groups is 1. The number of amides is 1. The molecule has 0 unspecified atom stereocenters.